The third-order valence-electron chi connectivity index (χ3n) is 6.62. The number of hydrogen-bond acceptors (Lipinski definition) is 6. The quantitative estimate of drug-likeness (QED) is 0.376. The Morgan fingerprint density at radius 1 is 0.944 bits per heavy atom. The molecule has 2 atom stereocenters. The molecule has 0 aliphatic carbocycles. The van der Waals surface area contributed by atoms with Crippen LogP contribution in [0.15, 0.2) is 82.0 Å². The molecule has 4 aromatic rings. The number of hydrogen-bond donors (Lipinski definition) is 0. The summed E-state index contributed by atoms with van der Waals surface area (Å²) in [7, 11) is -3.30. The molecule has 2 aliphatic rings. The second-order valence-corrected chi connectivity index (χ2v) is 11.6. The van der Waals surface area contributed by atoms with Crippen molar-refractivity contribution in [2.24, 2.45) is 0 Å². The van der Waals surface area contributed by atoms with Crippen molar-refractivity contribution in [2.75, 3.05) is 11.5 Å². The molecule has 3 aromatic carbocycles. The molecule has 1 amide bonds. The highest BCUT2D eigenvalue weighted by Crippen LogP contribution is 2.42. The molecule has 6 rings (SSSR count). The van der Waals surface area contributed by atoms with Gasteiger partial charge in [-0.15, -0.1) is 0 Å². The molecule has 3 heterocycles. The van der Waals surface area contributed by atoms with Crippen LogP contribution in [0.3, 0.4) is 0 Å². The lowest BCUT2D eigenvalue weighted by Crippen LogP contribution is -2.40. The molecule has 2 aliphatic heterocycles. The van der Waals surface area contributed by atoms with Gasteiger partial charge in [0.25, 0.3) is 5.91 Å². The van der Waals surface area contributed by atoms with Gasteiger partial charge in [0, 0.05) is 11.1 Å². The first-order chi connectivity index (χ1) is 17.3. The summed E-state index contributed by atoms with van der Waals surface area (Å²) in [5.41, 5.74) is 0.673. The highest BCUT2D eigenvalue weighted by Gasteiger charge is 2.48. The number of para-hydroxylation sites is 1. The van der Waals surface area contributed by atoms with Gasteiger partial charge >= 0.3 is 0 Å². The number of ether oxygens (including phenoxy) is 1. The van der Waals surface area contributed by atoms with Gasteiger partial charge in [-0.3, -0.25) is 9.59 Å². The Hall–Kier alpha value is -3.62. The Bertz CT molecular complexity index is 1680. The second-order valence-electron chi connectivity index (χ2n) is 8.97. The first-order valence-electron chi connectivity index (χ1n) is 11.4. The van der Waals surface area contributed by atoms with E-state index in [2.05, 4.69) is 0 Å². The van der Waals surface area contributed by atoms with E-state index in [1.54, 1.807) is 36.4 Å². The first kappa shape index (κ1) is 22.8. The van der Waals surface area contributed by atoms with E-state index in [0.29, 0.717) is 22.1 Å². The van der Waals surface area contributed by atoms with Crippen molar-refractivity contribution in [1.29, 1.82) is 0 Å². The minimum Gasteiger partial charge on any atom is -0.457 e. The fraction of sp³-hybridized carbons (Fsp3) is 0.185. The number of fused-ring (bicyclic) bond motifs is 2. The van der Waals surface area contributed by atoms with E-state index in [1.807, 2.05) is 30.3 Å². The fourth-order valence-electron chi connectivity index (χ4n) is 5.03. The van der Waals surface area contributed by atoms with E-state index in [9.17, 15) is 18.0 Å². The third-order valence-corrected chi connectivity index (χ3v) is 8.61. The van der Waals surface area contributed by atoms with E-state index in [-0.39, 0.29) is 45.6 Å². The normalized spacial score (nSPS) is 20.6. The highest BCUT2D eigenvalue weighted by atomic mass is 35.5. The molecule has 7 nitrogen and oxygen atoms in total. The van der Waals surface area contributed by atoms with Crippen LogP contribution in [-0.4, -0.2) is 36.8 Å². The fourth-order valence-corrected chi connectivity index (χ4v) is 6.92. The number of rotatable bonds is 4. The van der Waals surface area contributed by atoms with Crippen LogP contribution < -0.4 is 10.2 Å². The van der Waals surface area contributed by atoms with Crippen LogP contribution >= 0.6 is 11.6 Å². The Morgan fingerprint density at radius 3 is 2.47 bits per heavy atom. The van der Waals surface area contributed by atoms with Gasteiger partial charge in [0.15, 0.2) is 15.3 Å². The van der Waals surface area contributed by atoms with Crippen LogP contribution in [0.25, 0.3) is 11.0 Å². The van der Waals surface area contributed by atoms with Gasteiger partial charge in [-0.1, -0.05) is 41.9 Å². The molecule has 2 unspecified atom stereocenters. The molecule has 1 saturated heterocycles. The lowest BCUT2D eigenvalue weighted by Gasteiger charge is -2.30. The van der Waals surface area contributed by atoms with Crippen LogP contribution in [0.2, 0.25) is 5.02 Å². The average molecular weight is 522 g/mol. The first-order valence-corrected chi connectivity index (χ1v) is 13.6. The van der Waals surface area contributed by atoms with E-state index in [1.165, 1.54) is 11.0 Å². The number of carbonyl (C=O) groups excluding carboxylic acids is 1. The van der Waals surface area contributed by atoms with Crippen molar-refractivity contribution in [2.45, 2.75) is 18.5 Å². The Kier molecular flexibility index (Phi) is 5.39. The summed E-state index contributed by atoms with van der Waals surface area (Å²) in [5.74, 6) is 0.408. The molecule has 0 bridgehead atoms. The standard InChI is InChI=1S/C27H20ClNO6S/c28-17-9-10-22-21(14-17)25(30)23-24(16-5-4-8-20(13-16)34-19-6-2-1-3-7-19)29(27(31)26(23)35-22)18-11-12-36(32,33)15-18/h1-10,13-14,18,24H,11-12,15H2. The molecular weight excluding hydrogens is 502 g/mol. The lowest BCUT2D eigenvalue weighted by atomic mass is 9.97. The van der Waals surface area contributed by atoms with Crippen molar-refractivity contribution < 1.29 is 22.4 Å². The second kappa shape index (κ2) is 8.50. The summed E-state index contributed by atoms with van der Waals surface area (Å²) < 4.78 is 36.6. The highest BCUT2D eigenvalue weighted by molar-refractivity contribution is 7.91. The SMILES string of the molecule is O=C1c2oc3ccc(Cl)cc3c(=O)c2C(c2cccc(Oc3ccccc3)c2)N1C1CCS(=O)(=O)C1. The van der Waals surface area contributed by atoms with Crippen LogP contribution in [-0.2, 0) is 9.84 Å². The van der Waals surface area contributed by atoms with Crippen LogP contribution in [0.5, 0.6) is 11.5 Å². The molecule has 9 heteroatoms. The Balaban J connectivity index is 1.53. The van der Waals surface area contributed by atoms with E-state index < -0.39 is 27.8 Å². The zero-order valence-electron chi connectivity index (χ0n) is 18.9. The summed E-state index contributed by atoms with van der Waals surface area (Å²) in [6.45, 7) is 0. The predicted molar refractivity (Wildman–Crippen MR) is 136 cm³/mol. The maximum Gasteiger partial charge on any atom is 0.291 e. The smallest absolute Gasteiger partial charge is 0.291 e. The summed E-state index contributed by atoms with van der Waals surface area (Å²) >= 11 is 6.14. The molecule has 0 radical (unpaired) electrons. The molecule has 36 heavy (non-hydrogen) atoms. The molecular formula is C27H20ClNO6S. The zero-order valence-corrected chi connectivity index (χ0v) is 20.5. The molecule has 1 aromatic heterocycles. The zero-order chi connectivity index (χ0) is 25.0. The number of carbonyl (C=O) groups is 1. The molecule has 0 N–H and O–H groups in total. The maximum atomic E-state index is 13.7. The number of benzene rings is 3. The minimum atomic E-state index is -3.30. The van der Waals surface area contributed by atoms with Crippen molar-refractivity contribution in [3.05, 3.63) is 105 Å². The van der Waals surface area contributed by atoms with E-state index in [4.69, 9.17) is 20.8 Å². The summed E-state index contributed by atoms with van der Waals surface area (Å²) in [6.07, 6.45) is 0.290. The molecule has 1 fully saturated rings. The molecule has 0 spiro atoms. The Labute approximate surface area is 211 Å². The number of nitrogens with zero attached hydrogens (tertiary/aromatic N) is 1. The monoisotopic (exact) mass is 521 g/mol. The van der Waals surface area contributed by atoms with E-state index in [0.717, 1.165) is 0 Å². The summed E-state index contributed by atoms with van der Waals surface area (Å²) in [5, 5.41) is 0.629. The van der Waals surface area contributed by atoms with Gasteiger partial charge in [-0.25, -0.2) is 8.42 Å². The topological polar surface area (TPSA) is 93.9 Å². The summed E-state index contributed by atoms with van der Waals surface area (Å²) in [6, 6.07) is 19.6. The van der Waals surface area contributed by atoms with Crippen LogP contribution in [0, 0.1) is 0 Å². The van der Waals surface area contributed by atoms with Gasteiger partial charge in [0.05, 0.1) is 28.5 Å². The van der Waals surface area contributed by atoms with Crippen LogP contribution in [0.1, 0.15) is 34.1 Å². The largest absolute Gasteiger partial charge is 0.457 e. The molecule has 182 valence electrons. The van der Waals surface area contributed by atoms with Gasteiger partial charge in [-0.2, -0.15) is 0 Å². The van der Waals surface area contributed by atoms with Gasteiger partial charge in [-0.05, 0) is 54.4 Å². The van der Waals surface area contributed by atoms with Gasteiger partial charge in [0.1, 0.15) is 17.1 Å². The van der Waals surface area contributed by atoms with Crippen molar-refractivity contribution in [3.8, 4) is 11.5 Å². The van der Waals surface area contributed by atoms with Gasteiger partial charge in [0.2, 0.25) is 5.76 Å². The van der Waals surface area contributed by atoms with E-state index >= 15 is 0 Å². The number of halogens is 1. The van der Waals surface area contributed by atoms with Crippen molar-refractivity contribution in [3.63, 3.8) is 0 Å². The third kappa shape index (κ3) is 3.86. The number of sulfone groups is 1. The van der Waals surface area contributed by atoms with Crippen molar-refractivity contribution >= 4 is 38.3 Å². The maximum absolute atomic E-state index is 13.7. The average Bonchev–Trinajstić information content (AvgIpc) is 3.36. The van der Waals surface area contributed by atoms with Gasteiger partial charge < -0.3 is 14.1 Å². The Morgan fingerprint density at radius 2 is 1.72 bits per heavy atom. The lowest BCUT2D eigenvalue weighted by molar-refractivity contribution is 0.0662. The molecule has 0 saturated carbocycles. The van der Waals surface area contributed by atoms with Crippen molar-refractivity contribution in [1.82, 2.24) is 4.90 Å². The summed E-state index contributed by atoms with van der Waals surface area (Å²) in [4.78, 5) is 28.9. The van der Waals surface area contributed by atoms with Crippen LogP contribution in [0.4, 0.5) is 0 Å². The predicted octanol–water partition coefficient (Wildman–Crippen LogP) is 4.97. The minimum absolute atomic E-state index is 0.0133. The number of amides is 1.